The molecule has 0 N–H and O–H groups in total. The summed E-state index contributed by atoms with van der Waals surface area (Å²) in [6, 6.07) is 18.4. The van der Waals surface area contributed by atoms with Gasteiger partial charge in [0, 0.05) is 6.61 Å². The Hall–Kier alpha value is -1.60. The lowest BCUT2D eigenvalue weighted by atomic mass is 9.32. The van der Waals surface area contributed by atoms with Crippen molar-refractivity contribution in [3.05, 3.63) is 59.7 Å². The molecular formula is C26H34O. The minimum absolute atomic E-state index is 0.000736. The van der Waals surface area contributed by atoms with E-state index in [9.17, 15) is 0 Å². The van der Waals surface area contributed by atoms with Gasteiger partial charge < -0.3 is 4.74 Å². The van der Waals surface area contributed by atoms with Gasteiger partial charge in [0.15, 0.2) is 0 Å². The summed E-state index contributed by atoms with van der Waals surface area (Å²) in [4.78, 5) is 0. The Morgan fingerprint density at radius 1 is 0.852 bits per heavy atom. The maximum Gasteiger partial charge on any atom is 0.0598 e. The highest BCUT2D eigenvalue weighted by molar-refractivity contribution is 5.64. The van der Waals surface area contributed by atoms with Crippen LogP contribution in [-0.4, -0.2) is 12.2 Å². The fraction of sp³-hybridized carbons (Fsp3) is 0.538. The number of rotatable bonds is 7. The molecule has 0 spiro atoms. The van der Waals surface area contributed by atoms with Crippen LogP contribution in [0.2, 0.25) is 0 Å². The largest absolute Gasteiger partial charge is 0.376 e. The normalized spacial score (nSPS) is 26.4. The molecule has 3 fully saturated rings. The van der Waals surface area contributed by atoms with E-state index >= 15 is 0 Å². The molecule has 1 nitrogen and oxygen atoms in total. The van der Waals surface area contributed by atoms with Crippen LogP contribution in [0.15, 0.2) is 48.5 Å². The van der Waals surface area contributed by atoms with E-state index in [-0.39, 0.29) is 5.60 Å². The van der Waals surface area contributed by atoms with Crippen LogP contribution in [0, 0.1) is 5.41 Å². The van der Waals surface area contributed by atoms with Gasteiger partial charge >= 0.3 is 0 Å². The quantitative estimate of drug-likeness (QED) is 0.485. The molecule has 2 aromatic carbocycles. The Kier molecular flexibility index (Phi) is 4.71. The molecule has 27 heavy (non-hydrogen) atoms. The van der Waals surface area contributed by atoms with Crippen LogP contribution in [-0.2, 0) is 16.6 Å². The fourth-order valence-electron chi connectivity index (χ4n) is 5.34. The van der Waals surface area contributed by atoms with Crippen molar-refractivity contribution in [2.24, 2.45) is 5.41 Å². The van der Waals surface area contributed by atoms with E-state index in [2.05, 4.69) is 76.2 Å². The van der Waals surface area contributed by atoms with Crippen LogP contribution in [0.4, 0.5) is 0 Å². The van der Waals surface area contributed by atoms with Crippen molar-refractivity contribution in [2.45, 2.75) is 77.2 Å². The van der Waals surface area contributed by atoms with E-state index in [0.717, 1.165) is 13.0 Å². The first-order valence-corrected chi connectivity index (χ1v) is 10.7. The molecule has 3 aliphatic carbocycles. The molecule has 0 unspecified atom stereocenters. The molecule has 0 saturated heterocycles. The first-order valence-electron chi connectivity index (χ1n) is 10.7. The monoisotopic (exact) mass is 362 g/mol. The molecule has 0 amide bonds. The summed E-state index contributed by atoms with van der Waals surface area (Å²) in [5, 5.41) is 0. The Morgan fingerprint density at radius 2 is 1.41 bits per heavy atom. The third kappa shape index (κ3) is 3.72. The summed E-state index contributed by atoms with van der Waals surface area (Å²) in [5.41, 5.74) is 6.75. The van der Waals surface area contributed by atoms with E-state index in [1.54, 1.807) is 5.56 Å². The van der Waals surface area contributed by atoms with Crippen LogP contribution in [0.3, 0.4) is 0 Å². The van der Waals surface area contributed by atoms with Gasteiger partial charge in [-0.3, -0.25) is 0 Å². The molecule has 5 rings (SSSR count). The van der Waals surface area contributed by atoms with Crippen LogP contribution in [0.5, 0.6) is 0 Å². The van der Waals surface area contributed by atoms with Crippen molar-refractivity contribution in [2.75, 3.05) is 6.61 Å². The topological polar surface area (TPSA) is 9.23 Å². The lowest BCUT2D eigenvalue weighted by molar-refractivity contribution is -0.151. The number of hydrogen-bond donors (Lipinski definition) is 0. The highest BCUT2D eigenvalue weighted by Crippen LogP contribution is 2.75. The standard InChI is InChI=1S/C26H34O/c1-5-20-7-9-21(10-8-20)22-11-13-23(14-12-22)26-17-25(18-26,19-26)15-6-16-27-24(2,3)4/h7-14H,5-6,15-19H2,1-4H3. The van der Waals surface area contributed by atoms with Gasteiger partial charge in [0.05, 0.1) is 5.60 Å². The average molecular weight is 363 g/mol. The molecule has 2 aromatic rings. The third-order valence-corrected chi connectivity index (χ3v) is 6.72. The van der Waals surface area contributed by atoms with Gasteiger partial charge in [0.1, 0.15) is 0 Å². The van der Waals surface area contributed by atoms with E-state index in [1.165, 1.54) is 48.8 Å². The fourth-order valence-corrected chi connectivity index (χ4v) is 5.34. The first-order chi connectivity index (χ1) is 12.8. The summed E-state index contributed by atoms with van der Waals surface area (Å²) in [6.45, 7) is 9.54. The van der Waals surface area contributed by atoms with Crippen molar-refractivity contribution < 1.29 is 4.74 Å². The summed E-state index contributed by atoms with van der Waals surface area (Å²) in [5.74, 6) is 0. The molecule has 3 aliphatic rings. The van der Waals surface area contributed by atoms with Crippen molar-refractivity contribution in [1.82, 2.24) is 0 Å². The first kappa shape index (κ1) is 18.7. The predicted molar refractivity (Wildman–Crippen MR) is 114 cm³/mol. The Morgan fingerprint density at radius 3 is 1.93 bits per heavy atom. The lowest BCUT2D eigenvalue weighted by Gasteiger charge is -2.72. The molecule has 0 heterocycles. The molecule has 144 valence electrons. The summed E-state index contributed by atoms with van der Waals surface area (Å²) in [6.07, 6.45) is 7.82. The molecule has 0 atom stereocenters. The van der Waals surface area contributed by atoms with Crippen molar-refractivity contribution in [3.63, 3.8) is 0 Å². The second kappa shape index (κ2) is 6.78. The van der Waals surface area contributed by atoms with E-state index in [4.69, 9.17) is 4.74 Å². The van der Waals surface area contributed by atoms with E-state index < -0.39 is 0 Å². The molecule has 1 heteroatoms. The van der Waals surface area contributed by atoms with Gasteiger partial charge in [-0.25, -0.2) is 0 Å². The average Bonchev–Trinajstić information content (AvgIpc) is 2.58. The third-order valence-electron chi connectivity index (χ3n) is 6.72. The molecule has 0 aromatic heterocycles. The smallest absolute Gasteiger partial charge is 0.0598 e. The highest BCUT2D eigenvalue weighted by Gasteiger charge is 2.67. The molecule has 0 aliphatic heterocycles. The zero-order valence-electron chi connectivity index (χ0n) is 17.5. The minimum atomic E-state index is -0.000736. The van der Waals surface area contributed by atoms with Crippen molar-refractivity contribution in [3.8, 4) is 11.1 Å². The Bertz CT molecular complexity index is 757. The maximum absolute atomic E-state index is 5.89. The zero-order valence-corrected chi connectivity index (χ0v) is 17.5. The van der Waals surface area contributed by atoms with Crippen LogP contribution >= 0.6 is 0 Å². The van der Waals surface area contributed by atoms with Gasteiger partial charge in [0.2, 0.25) is 0 Å². The number of ether oxygens (including phenoxy) is 1. The van der Waals surface area contributed by atoms with Gasteiger partial charge in [-0.15, -0.1) is 0 Å². The zero-order chi connectivity index (χ0) is 19.1. The van der Waals surface area contributed by atoms with Crippen molar-refractivity contribution >= 4 is 0 Å². The summed E-state index contributed by atoms with van der Waals surface area (Å²) < 4.78 is 5.89. The van der Waals surface area contributed by atoms with Gasteiger partial charge in [-0.2, -0.15) is 0 Å². The summed E-state index contributed by atoms with van der Waals surface area (Å²) in [7, 11) is 0. The number of hydrogen-bond acceptors (Lipinski definition) is 1. The van der Waals surface area contributed by atoms with Gasteiger partial charge in [-0.1, -0.05) is 55.5 Å². The second-order valence-electron chi connectivity index (χ2n) is 10.0. The number of aryl methyl sites for hydroxylation is 1. The SMILES string of the molecule is CCc1ccc(-c2ccc(C34CC(CCCOC(C)(C)C)(C3)C4)cc2)cc1. The van der Waals surface area contributed by atoms with Crippen LogP contribution in [0.1, 0.15) is 70.9 Å². The van der Waals surface area contributed by atoms with Crippen molar-refractivity contribution in [1.29, 1.82) is 0 Å². The van der Waals surface area contributed by atoms with Gasteiger partial charge in [-0.05, 0) is 92.4 Å². The molecule has 2 bridgehead atoms. The molecular weight excluding hydrogens is 328 g/mol. The Balaban J connectivity index is 1.31. The van der Waals surface area contributed by atoms with Gasteiger partial charge in [0.25, 0.3) is 0 Å². The van der Waals surface area contributed by atoms with Crippen LogP contribution < -0.4 is 0 Å². The Labute approximate surface area is 165 Å². The molecule has 3 saturated carbocycles. The molecule has 0 radical (unpaired) electrons. The van der Waals surface area contributed by atoms with Crippen LogP contribution in [0.25, 0.3) is 11.1 Å². The number of benzene rings is 2. The van der Waals surface area contributed by atoms with E-state index in [1.807, 2.05) is 0 Å². The summed E-state index contributed by atoms with van der Waals surface area (Å²) >= 11 is 0. The van der Waals surface area contributed by atoms with E-state index in [0.29, 0.717) is 10.8 Å². The maximum atomic E-state index is 5.89. The lowest BCUT2D eigenvalue weighted by Crippen LogP contribution is -2.64. The minimum Gasteiger partial charge on any atom is -0.376 e. The highest BCUT2D eigenvalue weighted by atomic mass is 16.5. The second-order valence-corrected chi connectivity index (χ2v) is 10.0. The predicted octanol–water partition coefficient (Wildman–Crippen LogP) is 6.93.